The predicted molar refractivity (Wildman–Crippen MR) is 87.3 cm³/mol. The summed E-state index contributed by atoms with van der Waals surface area (Å²) in [6.45, 7) is 4.07. The van der Waals surface area contributed by atoms with E-state index in [1.54, 1.807) is 6.07 Å². The summed E-state index contributed by atoms with van der Waals surface area (Å²) in [7, 11) is 0. The van der Waals surface area contributed by atoms with E-state index in [2.05, 4.69) is 17.0 Å². The van der Waals surface area contributed by atoms with Crippen LogP contribution in [0.2, 0.25) is 0 Å². The van der Waals surface area contributed by atoms with E-state index in [9.17, 15) is 9.18 Å². The van der Waals surface area contributed by atoms with Crippen LogP contribution in [0.1, 0.15) is 15.9 Å². The molecular weight excluding hydrogens is 295 g/mol. The summed E-state index contributed by atoms with van der Waals surface area (Å²) in [5, 5.41) is 8.90. The number of carboxylic acids is 1. The predicted octanol–water partition coefficient (Wildman–Crippen LogP) is 2.85. The minimum absolute atomic E-state index is 0.0195. The molecule has 0 unspecified atom stereocenters. The van der Waals surface area contributed by atoms with Crippen molar-refractivity contribution in [3.8, 4) is 0 Å². The third-order valence-electron chi connectivity index (χ3n) is 4.16. The maximum Gasteiger partial charge on any atom is 0.335 e. The van der Waals surface area contributed by atoms with Crippen molar-refractivity contribution in [1.29, 1.82) is 0 Å². The smallest absolute Gasteiger partial charge is 0.335 e. The number of carbonyl (C=O) groups is 1. The lowest BCUT2D eigenvalue weighted by Crippen LogP contribution is -2.46. The minimum atomic E-state index is -1.11. The van der Waals surface area contributed by atoms with Crippen molar-refractivity contribution in [3.05, 3.63) is 65.5 Å². The van der Waals surface area contributed by atoms with Gasteiger partial charge in [0, 0.05) is 32.7 Å². The highest BCUT2D eigenvalue weighted by Crippen LogP contribution is 2.22. The number of hydrogen-bond donors (Lipinski definition) is 1. The van der Waals surface area contributed by atoms with E-state index in [1.807, 2.05) is 23.1 Å². The monoisotopic (exact) mass is 314 g/mol. The molecule has 120 valence electrons. The Balaban J connectivity index is 1.62. The molecule has 2 aromatic carbocycles. The molecule has 3 rings (SSSR count). The summed E-state index contributed by atoms with van der Waals surface area (Å²) in [6, 6.07) is 14.4. The quantitative estimate of drug-likeness (QED) is 0.942. The molecule has 1 N–H and O–H groups in total. The molecule has 1 aliphatic heterocycles. The fraction of sp³-hybridized carbons (Fsp3) is 0.278. The molecule has 1 fully saturated rings. The highest BCUT2D eigenvalue weighted by atomic mass is 19.1. The van der Waals surface area contributed by atoms with Crippen LogP contribution in [0.15, 0.2) is 48.5 Å². The van der Waals surface area contributed by atoms with Gasteiger partial charge >= 0.3 is 5.97 Å². The first-order valence-electron chi connectivity index (χ1n) is 7.67. The van der Waals surface area contributed by atoms with Gasteiger partial charge in [0.1, 0.15) is 5.82 Å². The minimum Gasteiger partial charge on any atom is -0.478 e. The van der Waals surface area contributed by atoms with Crippen molar-refractivity contribution in [2.24, 2.45) is 0 Å². The Morgan fingerprint density at radius 2 is 1.74 bits per heavy atom. The number of halogens is 1. The standard InChI is InChI=1S/C18H19FN2O2/c19-16-12-15(18(22)23)6-7-17(16)21-10-8-20(9-11-21)13-14-4-2-1-3-5-14/h1-7,12H,8-11,13H2,(H,22,23). The van der Waals surface area contributed by atoms with Gasteiger partial charge in [-0.2, -0.15) is 0 Å². The molecule has 0 aliphatic carbocycles. The van der Waals surface area contributed by atoms with Crippen LogP contribution in [0.3, 0.4) is 0 Å². The normalized spacial score (nSPS) is 15.6. The van der Waals surface area contributed by atoms with Crippen LogP contribution in [0, 0.1) is 5.82 Å². The zero-order valence-electron chi connectivity index (χ0n) is 12.8. The van der Waals surface area contributed by atoms with Crippen LogP contribution < -0.4 is 4.90 Å². The van der Waals surface area contributed by atoms with Gasteiger partial charge in [-0.3, -0.25) is 4.90 Å². The van der Waals surface area contributed by atoms with Gasteiger partial charge < -0.3 is 10.0 Å². The molecule has 0 saturated carbocycles. The van der Waals surface area contributed by atoms with Crippen molar-refractivity contribution >= 4 is 11.7 Å². The van der Waals surface area contributed by atoms with Crippen LogP contribution in [0.5, 0.6) is 0 Å². The summed E-state index contributed by atoms with van der Waals surface area (Å²) in [5.41, 5.74) is 1.74. The molecule has 0 atom stereocenters. The number of aromatic carboxylic acids is 1. The lowest BCUT2D eigenvalue weighted by Gasteiger charge is -2.36. The third-order valence-corrected chi connectivity index (χ3v) is 4.16. The summed E-state index contributed by atoms with van der Waals surface area (Å²) < 4.78 is 14.1. The maximum absolute atomic E-state index is 14.1. The second-order valence-corrected chi connectivity index (χ2v) is 5.72. The Bertz CT molecular complexity index is 683. The average Bonchev–Trinajstić information content (AvgIpc) is 2.56. The second kappa shape index (κ2) is 6.79. The highest BCUT2D eigenvalue weighted by molar-refractivity contribution is 5.88. The first-order chi connectivity index (χ1) is 11.1. The number of piperazine rings is 1. The Labute approximate surface area is 134 Å². The van der Waals surface area contributed by atoms with Crippen LogP contribution in [0.25, 0.3) is 0 Å². The lowest BCUT2D eigenvalue weighted by atomic mass is 10.1. The molecule has 0 amide bonds. The lowest BCUT2D eigenvalue weighted by molar-refractivity contribution is 0.0696. The number of rotatable bonds is 4. The van der Waals surface area contributed by atoms with Gasteiger partial charge in [-0.1, -0.05) is 30.3 Å². The summed E-state index contributed by atoms with van der Waals surface area (Å²) in [4.78, 5) is 15.2. The number of anilines is 1. The number of nitrogens with zero attached hydrogens (tertiary/aromatic N) is 2. The molecule has 5 heteroatoms. The van der Waals surface area contributed by atoms with Crippen LogP contribution >= 0.6 is 0 Å². The molecule has 0 bridgehead atoms. The number of carboxylic acid groups (broad SMARTS) is 1. The van der Waals surface area contributed by atoms with E-state index < -0.39 is 11.8 Å². The van der Waals surface area contributed by atoms with Crippen molar-refractivity contribution in [3.63, 3.8) is 0 Å². The van der Waals surface area contributed by atoms with Gasteiger partial charge in [0.2, 0.25) is 0 Å². The van der Waals surface area contributed by atoms with Crippen molar-refractivity contribution in [2.45, 2.75) is 6.54 Å². The van der Waals surface area contributed by atoms with E-state index in [0.717, 1.165) is 38.8 Å². The fourth-order valence-electron chi connectivity index (χ4n) is 2.88. The molecule has 0 spiro atoms. The fourth-order valence-corrected chi connectivity index (χ4v) is 2.88. The van der Waals surface area contributed by atoms with Gasteiger partial charge in [-0.25, -0.2) is 9.18 Å². The zero-order chi connectivity index (χ0) is 16.2. The molecule has 1 heterocycles. The molecule has 0 aromatic heterocycles. The largest absolute Gasteiger partial charge is 0.478 e. The topological polar surface area (TPSA) is 43.8 Å². The Morgan fingerprint density at radius 1 is 1.04 bits per heavy atom. The van der Waals surface area contributed by atoms with Crippen LogP contribution in [-0.4, -0.2) is 42.2 Å². The van der Waals surface area contributed by atoms with Gasteiger partial charge in [0.25, 0.3) is 0 Å². The molecule has 1 aliphatic rings. The zero-order valence-corrected chi connectivity index (χ0v) is 12.8. The molecule has 4 nitrogen and oxygen atoms in total. The molecule has 0 radical (unpaired) electrons. The van der Waals surface area contributed by atoms with Crippen LogP contribution in [-0.2, 0) is 6.54 Å². The van der Waals surface area contributed by atoms with Gasteiger partial charge in [-0.15, -0.1) is 0 Å². The molecule has 1 saturated heterocycles. The van der Waals surface area contributed by atoms with E-state index in [1.165, 1.54) is 11.6 Å². The second-order valence-electron chi connectivity index (χ2n) is 5.72. The van der Waals surface area contributed by atoms with E-state index in [4.69, 9.17) is 5.11 Å². The van der Waals surface area contributed by atoms with Crippen LogP contribution in [0.4, 0.5) is 10.1 Å². The summed E-state index contributed by atoms with van der Waals surface area (Å²) >= 11 is 0. The molecule has 2 aromatic rings. The van der Waals surface area contributed by atoms with Crippen molar-refractivity contribution in [2.75, 3.05) is 31.1 Å². The van der Waals surface area contributed by atoms with E-state index in [-0.39, 0.29) is 5.56 Å². The van der Waals surface area contributed by atoms with Gasteiger partial charge in [0.05, 0.1) is 11.3 Å². The third kappa shape index (κ3) is 3.68. The van der Waals surface area contributed by atoms with Gasteiger partial charge in [-0.05, 0) is 23.8 Å². The Kier molecular flexibility index (Phi) is 4.57. The Morgan fingerprint density at radius 3 is 2.35 bits per heavy atom. The van der Waals surface area contributed by atoms with Crippen molar-refractivity contribution in [1.82, 2.24) is 4.90 Å². The average molecular weight is 314 g/mol. The Hall–Kier alpha value is -2.40. The summed E-state index contributed by atoms with van der Waals surface area (Å²) in [6.07, 6.45) is 0. The maximum atomic E-state index is 14.1. The number of benzene rings is 2. The number of hydrogen-bond acceptors (Lipinski definition) is 3. The SMILES string of the molecule is O=C(O)c1ccc(N2CCN(Cc3ccccc3)CC2)c(F)c1. The molecule has 23 heavy (non-hydrogen) atoms. The summed E-state index contributed by atoms with van der Waals surface area (Å²) in [5.74, 6) is -1.58. The van der Waals surface area contributed by atoms with E-state index >= 15 is 0 Å². The van der Waals surface area contributed by atoms with E-state index in [0.29, 0.717) is 5.69 Å². The molecular formula is C18H19FN2O2. The first-order valence-corrected chi connectivity index (χ1v) is 7.67. The first kappa shape index (κ1) is 15.5. The van der Waals surface area contributed by atoms with Gasteiger partial charge in [0.15, 0.2) is 0 Å². The van der Waals surface area contributed by atoms with Crippen molar-refractivity contribution < 1.29 is 14.3 Å². The highest BCUT2D eigenvalue weighted by Gasteiger charge is 2.20.